The predicted octanol–water partition coefficient (Wildman–Crippen LogP) is 1.24. The van der Waals surface area contributed by atoms with Crippen molar-refractivity contribution in [3.8, 4) is 0 Å². The Hall–Kier alpha value is -1.69. The average Bonchev–Trinajstić information content (AvgIpc) is 2.70. The van der Waals surface area contributed by atoms with Crippen LogP contribution in [0.3, 0.4) is 0 Å². The molecule has 0 spiro atoms. The zero-order chi connectivity index (χ0) is 14.0. The molecule has 0 aliphatic heterocycles. The number of carbonyl (C=O) groups excluding carboxylic acids is 1. The molecule has 1 heterocycles. The van der Waals surface area contributed by atoms with E-state index in [2.05, 4.69) is 34.6 Å². The van der Waals surface area contributed by atoms with Crippen molar-refractivity contribution in [2.45, 2.75) is 39.7 Å². The summed E-state index contributed by atoms with van der Waals surface area (Å²) in [5.74, 6) is 6.54. The second-order valence-electron chi connectivity index (χ2n) is 5.36. The highest BCUT2D eigenvalue weighted by molar-refractivity contribution is 5.92. The van der Waals surface area contributed by atoms with Crippen molar-refractivity contribution in [2.75, 3.05) is 5.43 Å². The first-order valence-corrected chi connectivity index (χ1v) is 6.64. The number of hydrogen-bond donors (Lipinski definition) is 3. The second kappa shape index (κ2) is 5.52. The van der Waals surface area contributed by atoms with E-state index >= 15 is 0 Å². The first-order valence-electron chi connectivity index (χ1n) is 6.64. The molecule has 1 aromatic heterocycles. The fourth-order valence-corrected chi connectivity index (χ4v) is 2.56. The van der Waals surface area contributed by atoms with E-state index in [1.165, 1.54) is 0 Å². The third-order valence-corrected chi connectivity index (χ3v) is 4.00. The van der Waals surface area contributed by atoms with Gasteiger partial charge in [-0.25, -0.2) is 15.8 Å². The van der Waals surface area contributed by atoms with Gasteiger partial charge in [0, 0.05) is 11.7 Å². The molecule has 0 aromatic carbocycles. The standard InChI is InChI=1S/C13H21N5O/c1-7-4-5-10(9(7)3)16-12(19)11-6-8(2)15-13(17-11)18-14/h6-7,9-10H,4-5,14H2,1-3H3,(H,16,19)(H,15,17,18). The summed E-state index contributed by atoms with van der Waals surface area (Å²) >= 11 is 0. The predicted molar refractivity (Wildman–Crippen MR) is 73.4 cm³/mol. The number of nitrogens with one attached hydrogen (secondary N) is 2. The molecule has 0 bridgehead atoms. The number of nitrogen functional groups attached to an aromatic ring is 1. The van der Waals surface area contributed by atoms with E-state index in [0.29, 0.717) is 23.2 Å². The third-order valence-electron chi connectivity index (χ3n) is 4.00. The van der Waals surface area contributed by atoms with E-state index in [1.807, 2.05) is 0 Å². The highest BCUT2D eigenvalue weighted by Crippen LogP contribution is 2.31. The van der Waals surface area contributed by atoms with Crippen molar-refractivity contribution in [2.24, 2.45) is 17.7 Å². The van der Waals surface area contributed by atoms with Crippen LogP contribution in [0.15, 0.2) is 6.07 Å². The lowest BCUT2D eigenvalue weighted by Crippen LogP contribution is -2.38. The Balaban J connectivity index is 2.10. The van der Waals surface area contributed by atoms with Crippen molar-refractivity contribution in [1.82, 2.24) is 15.3 Å². The monoisotopic (exact) mass is 263 g/mol. The van der Waals surface area contributed by atoms with Crippen molar-refractivity contribution in [1.29, 1.82) is 0 Å². The summed E-state index contributed by atoms with van der Waals surface area (Å²) in [5.41, 5.74) is 3.43. The minimum Gasteiger partial charge on any atom is -0.348 e. The van der Waals surface area contributed by atoms with E-state index < -0.39 is 0 Å². The highest BCUT2D eigenvalue weighted by atomic mass is 16.1. The van der Waals surface area contributed by atoms with Gasteiger partial charge in [-0.15, -0.1) is 0 Å². The number of nitrogens with two attached hydrogens (primary N) is 1. The van der Waals surface area contributed by atoms with E-state index in [9.17, 15) is 4.79 Å². The number of nitrogens with zero attached hydrogens (tertiary/aromatic N) is 2. The third kappa shape index (κ3) is 3.01. The SMILES string of the molecule is Cc1cc(C(=O)NC2CCC(C)C2C)nc(NN)n1. The topological polar surface area (TPSA) is 92.9 Å². The van der Waals surface area contributed by atoms with E-state index in [1.54, 1.807) is 13.0 Å². The molecule has 6 heteroatoms. The number of hydrazine groups is 1. The van der Waals surface area contributed by atoms with E-state index in [0.717, 1.165) is 12.8 Å². The van der Waals surface area contributed by atoms with Gasteiger partial charge in [0.25, 0.3) is 5.91 Å². The lowest BCUT2D eigenvalue weighted by Gasteiger charge is -2.19. The Morgan fingerprint density at radius 3 is 2.68 bits per heavy atom. The van der Waals surface area contributed by atoms with Crippen molar-refractivity contribution >= 4 is 11.9 Å². The van der Waals surface area contributed by atoms with Crippen molar-refractivity contribution in [3.63, 3.8) is 0 Å². The lowest BCUT2D eigenvalue weighted by atomic mass is 9.98. The Morgan fingerprint density at radius 1 is 1.37 bits per heavy atom. The second-order valence-corrected chi connectivity index (χ2v) is 5.36. The van der Waals surface area contributed by atoms with Gasteiger partial charge in [0.15, 0.2) is 0 Å². The fourth-order valence-electron chi connectivity index (χ4n) is 2.56. The molecular formula is C13H21N5O. The molecule has 1 aliphatic carbocycles. The molecule has 104 valence electrons. The van der Waals surface area contributed by atoms with Gasteiger partial charge in [0.2, 0.25) is 5.95 Å². The molecule has 1 aliphatic rings. The molecule has 19 heavy (non-hydrogen) atoms. The maximum absolute atomic E-state index is 12.2. The van der Waals surface area contributed by atoms with Gasteiger partial charge >= 0.3 is 0 Å². The number of carbonyl (C=O) groups is 1. The van der Waals surface area contributed by atoms with E-state index in [4.69, 9.17) is 5.84 Å². The Kier molecular flexibility index (Phi) is 3.99. The molecule has 1 amide bonds. The number of aromatic nitrogens is 2. The number of aryl methyl sites for hydroxylation is 1. The van der Waals surface area contributed by atoms with Crippen molar-refractivity contribution < 1.29 is 4.79 Å². The molecule has 3 atom stereocenters. The van der Waals surface area contributed by atoms with Gasteiger partial charge in [-0.2, -0.15) is 0 Å². The van der Waals surface area contributed by atoms with Crippen LogP contribution in [0, 0.1) is 18.8 Å². The average molecular weight is 263 g/mol. The zero-order valence-electron chi connectivity index (χ0n) is 11.6. The number of hydrogen-bond acceptors (Lipinski definition) is 5. The summed E-state index contributed by atoms with van der Waals surface area (Å²) in [7, 11) is 0. The molecule has 1 aromatic rings. The van der Waals surface area contributed by atoms with Crippen LogP contribution in [-0.2, 0) is 0 Å². The quantitative estimate of drug-likeness (QED) is 0.563. The molecular weight excluding hydrogens is 242 g/mol. The molecule has 2 rings (SSSR count). The summed E-state index contributed by atoms with van der Waals surface area (Å²) in [6.07, 6.45) is 2.19. The van der Waals surface area contributed by atoms with Crippen LogP contribution in [0.4, 0.5) is 5.95 Å². The van der Waals surface area contributed by atoms with Gasteiger partial charge < -0.3 is 5.32 Å². The fraction of sp³-hybridized carbons (Fsp3) is 0.615. The maximum Gasteiger partial charge on any atom is 0.270 e. The number of anilines is 1. The van der Waals surface area contributed by atoms with Gasteiger partial charge in [-0.3, -0.25) is 10.2 Å². The minimum atomic E-state index is -0.159. The minimum absolute atomic E-state index is 0.159. The Bertz CT molecular complexity index is 476. The summed E-state index contributed by atoms with van der Waals surface area (Å²) in [4.78, 5) is 20.3. The summed E-state index contributed by atoms with van der Waals surface area (Å²) in [6.45, 7) is 6.21. The molecule has 1 fully saturated rings. The molecule has 4 N–H and O–H groups in total. The van der Waals surface area contributed by atoms with Crippen LogP contribution >= 0.6 is 0 Å². The van der Waals surface area contributed by atoms with Crippen LogP contribution in [0.1, 0.15) is 42.9 Å². The summed E-state index contributed by atoms with van der Waals surface area (Å²) < 4.78 is 0. The summed E-state index contributed by atoms with van der Waals surface area (Å²) in [5, 5.41) is 3.06. The van der Waals surface area contributed by atoms with Crippen LogP contribution in [0.5, 0.6) is 0 Å². The first kappa shape index (κ1) is 13.7. The van der Waals surface area contributed by atoms with Gasteiger partial charge in [0.1, 0.15) is 5.69 Å². The molecule has 0 saturated heterocycles. The zero-order valence-corrected chi connectivity index (χ0v) is 11.6. The van der Waals surface area contributed by atoms with Gasteiger partial charge in [-0.05, 0) is 37.7 Å². The molecule has 1 saturated carbocycles. The van der Waals surface area contributed by atoms with Gasteiger partial charge in [0.05, 0.1) is 0 Å². The lowest BCUT2D eigenvalue weighted by molar-refractivity contribution is 0.0922. The highest BCUT2D eigenvalue weighted by Gasteiger charge is 2.31. The van der Waals surface area contributed by atoms with Crippen molar-refractivity contribution in [3.05, 3.63) is 17.5 Å². The Labute approximate surface area is 113 Å². The molecule has 0 radical (unpaired) electrons. The normalized spacial score (nSPS) is 26.2. The number of rotatable bonds is 3. The first-order chi connectivity index (χ1) is 9.01. The van der Waals surface area contributed by atoms with Crippen LogP contribution < -0.4 is 16.6 Å². The summed E-state index contributed by atoms with van der Waals surface area (Å²) in [6, 6.07) is 1.89. The number of amides is 1. The smallest absolute Gasteiger partial charge is 0.270 e. The molecule has 3 unspecified atom stereocenters. The van der Waals surface area contributed by atoms with Crippen LogP contribution in [-0.4, -0.2) is 21.9 Å². The largest absolute Gasteiger partial charge is 0.348 e. The maximum atomic E-state index is 12.2. The van der Waals surface area contributed by atoms with Gasteiger partial charge in [-0.1, -0.05) is 13.8 Å². The van der Waals surface area contributed by atoms with E-state index in [-0.39, 0.29) is 17.9 Å². The Morgan fingerprint density at radius 2 is 2.11 bits per heavy atom. The van der Waals surface area contributed by atoms with Crippen LogP contribution in [0.2, 0.25) is 0 Å². The van der Waals surface area contributed by atoms with Crippen LogP contribution in [0.25, 0.3) is 0 Å². The molecule has 6 nitrogen and oxygen atoms in total.